The van der Waals surface area contributed by atoms with Gasteiger partial charge in [-0.05, 0) is 37.1 Å². The van der Waals surface area contributed by atoms with Gasteiger partial charge in [0.25, 0.3) is 5.91 Å². The molecule has 30 heavy (non-hydrogen) atoms. The van der Waals surface area contributed by atoms with Crippen LogP contribution in [-0.4, -0.2) is 65.8 Å². The van der Waals surface area contributed by atoms with Crippen molar-refractivity contribution >= 4 is 22.6 Å². The zero-order chi connectivity index (χ0) is 21.1. The summed E-state index contributed by atoms with van der Waals surface area (Å²) in [4.78, 5) is 32.6. The Morgan fingerprint density at radius 2 is 1.87 bits per heavy atom. The lowest BCUT2D eigenvalue weighted by Gasteiger charge is -2.41. The van der Waals surface area contributed by atoms with Crippen LogP contribution in [0.2, 0.25) is 0 Å². The van der Waals surface area contributed by atoms with Gasteiger partial charge in [-0.2, -0.15) is 0 Å². The Kier molecular flexibility index (Phi) is 5.86. The standard InChI is InChI=1S/C24H27N3O3/c1-17(28)15-26-11-12-27(24(29)21-8-4-6-10-23(21)30-2)19(16-26)13-18-14-25-22-9-5-3-7-20(18)22/h3-10,14,19,25H,11-13,15-16H2,1-2H3. The summed E-state index contributed by atoms with van der Waals surface area (Å²) in [5.41, 5.74) is 2.84. The van der Waals surface area contributed by atoms with Crippen molar-refractivity contribution < 1.29 is 14.3 Å². The van der Waals surface area contributed by atoms with Crippen LogP contribution in [0.25, 0.3) is 10.9 Å². The smallest absolute Gasteiger partial charge is 0.257 e. The highest BCUT2D eigenvalue weighted by Crippen LogP contribution is 2.26. The molecule has 6 heteroatoms. The van der Waals surface area contributed by atoms with Gasteiger partial charge < -0.3 is 14.6 Å². The van der Waals surface area contributed by atoms with Gasteiger partial charge in [-0.3, -0.25) is 14.5 Å². The summed E-state index contributed by atoms with van der Waals surface area (Å²) in [5.74, 6) is 0.699. The predicted molar refractivity (Wildman–Crippen MR) is 117 cm³/mol. The molecular weight excluding hydrogens is 378 g/mol. The van der Waals surface area contributed by atoms with Gasteiger partial charge in [-0.15, -0.1) is 0 Å². The summed E-state index contributed by atoms with van der Waals surface area (Å²) >= 11 is 0. The van der Waals surface area contributed by atoms with Crippen LogP contribution < -0.4 is 4.74 Å². The lowest BCUT2D eigenvalue weighted by atomic mass is 10.00. The summed E-state index contributed by atoms with van der Waals surface area (Å²) in [5, 5.41) is 1.17. The second-order valence-electron chi connectivity index (χ2n) is 7.85. The molecule has 2 aromatic carbocycles. The number of nitrogens with zero attached hydrogens (tertiary/aromatic N) is 2. The molecule has 0 bridgehead atoms. The van der Waals surface area contributed by atoms with Crippen molar-refractivity contribution in [3.63, 3.8) is 0 Å². The largest absolute Gasteiger partial charge is 0.496 e. The summed E-state index contributed by atoms with van der Waals surface area (Å²) < 4.78 is 5.42. The number of hydrogen-bond donors (Lipinski definition) is 1. The topological polar surface area (TPSA) is 65.6 Å². The molecule has 156 valence electrons. The van der Waals surface area contributed by atoms with E-state index in [0.29, 0.717) is 37.5 Å². The van der Waals surface area contributed by atoms with Crippen LogP contribution in [0, 0.1) is 0 Å². The molecule has 6 nitrogen and oxygen atoms in total. The first-order valence-electron chi connectivity index (χ1n) is 10.3. The molecule has 1 fully saturated rings. The van der Waals surface area contributed by atoms with Crippen LogP contribution in [0.5, 0.6) is 5.75 Å². The van der Waals surface area contributed by atoms with Gasteiger partial charge in [-0.1, -0.05) is 30.3 Å². The van der Waals surface area contributed by atoms with Gasteiger partial charge in [-0.25, -0.2) is 0 Å². The molecular formula is C24H27N3O3. The number of H-pyrrole nitrogens is 1. The van der Waals surface area contributed by atoms with Crippen LogP contribution in [-0.2, 0) is 11.2 Å². The van der Waals surface area contributed by atoms with Crippen molar-refractivity contribution in [3.05, 3.63) is 65.9 Å². The maximum Gasteiger partial charge on any atom is 0.257 e. The van der Waals surface area contributed by atoms with Crippen molar-refractivity contribution in [2.75, 3.05) is 33.3 Å². The molecule has 1 aromatic heterocycles. The van der Waals surface area contributed by atoms with Crippen molar-refractivity contribution in [2.45, 2.75) is 19.4 Å². The van der Waals surface area contributed by atoms with Crippen molar-refractivity contribution in [2.24, 2.45) is 0 Å². The van der Waals surface area contributed by atoms with E-state index in [1.165, 1.54) is 10.9 Å². The van der Waals surface area contributed by atoms with Gasteiger partial charge >= 0.3 is 0 Å². The predicted octanol–water partition coefficient (Wildman–Crippen LogP) is 3.13. The number of aromatic amines is 1. The average Bonchev–Trinajstić information content (AvgIpc) is 3.16. The van der Waals surface area contributed by atoms with Gasteiger partial charge in [0, 0.05) is 42.8 Å². The van der Waals surface area contributed by atoms with E-state index in [0.717, 1.165) is 11.9 Å². The van der Waals surface area contributed by atoms with Crippen LogP contribution in [0.1, 0.15) is 22.8 Å². The number of nitrogens with one attached hydrogen (secondary N) is 1. The number of piperazine rings is 1. The molecule has 0 spiro atoms. The molecule has 3 aromatic rings. The van der Waals surface area contributed by atoms with Crippen LogP contribution in [0.4, 0.5) is 0 Å². The van der Waals surface area contributed by atoms with Crippen molar-refractivity contribution in [3.8, 4) is 5.75 Å². The highest BCUT2D eigenvalue weighted by atomic mass is 16.5. The number of ketones is 1. The number of rotatable bonds is 6. The maximum absolute atomic E-state index is 13.5. The van der Waals surface area contributed by atoms with E-state index in [-0.39, 0.29) is 17.7 Å². The molecule has 1 N–H and O–H groups in total. The molecule has 1 aliphatic heterocycles. The second kappa shape index (κ2) is 8.71. The Hall–Kier alpha value is -3.12. The van der Waals surface area contributed by atoms with Gasteiger partial charge in [0.15, 0.2) is 0 Å². The van der Waals surface area contributed by atoms with Gasteiger partial charge in [0.1, 0.15) is 11.5 Å². The number of fused-ring (bicyclic) bond motifs is 1. The van der Waals surface area contributed by atoms with Gasteiger partial charge in [0.2, 0.25) is 0 Å². The number of ether oxygens (including phenoxy) is 1. The fraction of sp³-hybridized carbons (Fsp3) is 0.333. The molecule has 1 amide bonds. The minimum atomic E-state index is -0.0327. The minimum Gasteiger partial charge on any atom is -0.496 e. The first-order valence-corrected chi connectivity index (χ1v) is 10.3. The van der Waals surface area contributed by atoms with E-state index in [1.807, 2.05) is 47.5 Å². The minimum absolute atomic E-state index is 0.0280. The zero-order valence-corrected chi connectivity index (χ0v) is 17.4. The molecule has 1 aliphatic rings. The SMILES string of the molecule is COc1ccccc1C(=O)N1CCN(CC(C)=O)CC1Cc1c[nH]c2ccccc12. The van der Waals surface area contributed by atoms with E-state index in [4.69, 9.17) is 4.74 Å². The zero-order valence-electron chi connectivity index (χ0n) is 17.4. The van der Waals surface area contributed by atoms with E-state index in [2.05, 4.69) is 22.0 Å². The third-order valence-electron chi connectivity index (χ3n) is 5.74. The molecule has 0 aliphatic carbocycles. The molecule has 0 saturated carbocycles. The first kappa shape index (κ1) is 20.2. The lowest BCUT2D eigenvalue weighted by Crippen LogP contribution is -2.56. The fourth-order valence-corrected chi connectivity index (χ4v) is 4.35. The molecule has 4 rings (SSSR count). The van der Waals surface area contributed by atoms with E-state index < -0.39 is 0 Å². The Balaban J connectivity index is 1.64. The normalized spacial score (nSPS) is 17.3. The Bertz CT molecular complexity index is 1060. The molecule has 1 saturated heterocycles. The first-order chi connectivity index (χ1) is 14.6. The Morgan fingerprint density at radius 1 is 1.10 bits per heavy atom. The average molecular weight is 405 g/mol. The Labute approximate surface area is 176 Å². The van der Waals surface area contributed by atoms with Crippen molar-refractivity contribution in [1.82, 2.24) is 14.8 Å². The fourth-order valence-electron chi connectivity index (χ4n) is 4.35. The number of aromatic nitrogens is 1. The molecule has 2 heterocycles. The number of Topliss-reactive ketones (excluding diaryl/α,β-unsaturated/α-hetero) is 1. The van der Waals surface area contributed by atoms with Gasteiger partial charge in [0.05, 0.1) is 19.2 Å². The number of amides is 1. The third-order valence-corrected chi connectivity index (χ3v) is 5.74. The summed E-state index contributed by atoms with van der Waals surface area (Å²) in [6.45, 7) is 3.96. The highest BCUT2D eigenvalue weighted by molar-refractivity contribution is 5.97. The maximum atomic E-state index is 13.5. The summed E-state index contributed by atoms with van der Waals surface area (Å²) in [6, 6.07) is 15.5. The summed E-state index contributed by atoms with van der Waals surface area (Å²) in [6.07, 6.45) is 2.75. The number of para-hydroxylation sites is 2. The number of methoxy groups -OCH3 is 1. The number of carbonyl (C=O) groups excluding carboxylic acids is 2. The molecule has 1 unspecified atom stereocenters. The lowest BCUT2D eigenvalue weighted by molar-refractivity contribution is -0.118. The van der Waals surface area contributed by atoms with Crippen LogP contribution in [0.15, 0.2) is 54.7 Å². The van der Waals surface area contributed by atoms with E-state index in [1.54, 1.807) is 14.0 Å². The monoisotopic (exact) mass is 405 g/mol. The Morgan fingerprint density at radius 3 is 2.67 bits per heavy atom. The number of hydrogen-bond acceptors (Lipinski definition) is 4. The third kappa shape index (κ3) is 4.09. The summed E-state index contributed by atoms with van der Waals surface area (Å²) in [7, 11) is 1.58. The van der Waals surface area contributed by atoms with Crippen LogP contribution in [0.3, 0.4) is 0 Å². The number of benzene rings is 2. The second-order valence-corrected chi connectivity index (χ2v) is 7.85. The molecule has 1 atom stereocenters. The quantitative estimate of drug-likeness (QED) is 0.684. The molecule has 0 radical (unpaired) electrons. The van der Waals surface area contributed by atoms with Crippen molar-refractivity contribution in [1.29, 1.82) is 0 Å². The van der Waals surface area contributed by atoms with Crippen LogP contribution >= 0.6 is 0 Å². The number of carbonyl (C=O) groups is 2. The highest BCUT2D eigenvalue weighted by Gasteiger charge is 2.33. The van der Waals surface area contributed by atoms with E-state index >= 15 is 0 Å². The van der Waals surface area contributed by atoms with E-state index in [9.17, 15) is 9.59 Å².